The molecule has 0 aliphatic carbocycles. The van der Waals surface area contributed by atoms with E-state index in [2.05, 4.69) is 4.98 Å². The van der Waals surface area contributed by atoms with Crippen LogP contribution in [-0.4, -0.2) is 10.9 Å². The highest BCUT2D eigenvalue weighted by molar-refractivity contribution is 6.35. The number of benzene rings is 1. The number of hydrazine groups is 1. The normalized spacial score (nSPS) is 10.3. The molecule has 15 heavy (non-hydrogen) atoms. The van der Waals surface area contributed by atoms with Gasteiger partial charge in [0, 0.05) is 5.39 Å². The number of nitrogens with two attached hydrogens (primary N) is 1. The van der Waals surface area contributed by atoms with E-state index in [1.54, 1.807) is 6.07 Å². The van der Waals surface area contributed by atoms with Gasteiger partial charge in [0.15, 0.2) is 0 Å². The lowest BCUT2D eigenvalue weighted by molar-refractivity contribution is 0.0949. The molecular weight excluding hydrogens is 214 g/mol. The minimum Gasteiger partial charge on any atom is -0.289 e. The molecule has 0 aliphatic rings. The second-order valence-electron chi connectivity index (χ2n) is 2.98. The van der Waals surface area contributed by atoms with Gasteiger partial charge in [-0.2, -0.15) is 0 Å². The average molecular weight is 222 g/mol. The van der Waals surface area contributed by atoms with Crippen molar-refractivity contribution in [1.82, 2.24) is 10.4 Å². The Hall–Kier alpha value is -1.65. The molecule has 3 N–H and O–H groups in total. The molecule has 0 bridgehead atoms. The zero-order chi connectivity index (χ0) is 10.8. The van der Waals surface area contributed by atoms with Gasteiger partial charge in [-0.15, -0.1) is 0 Å². The van der Waals surface area contributed by atoms with Crippen LogP contribution >= 0.6 is 11.6 Å². The lowest BCUT2D eigenvalue weighted by atomic mass is 10.2. The minimum atomic E-state index is -0.456. The summed E-state index contributed by atoms with van der Waals surface area (Å²) >= 11 is 6.00. The summed E-state index contributed by atoms with van der Waals surface area (Å²) in [5, 5.41) is 1.30. The van der Waals surface area contributed by atoms with E-state index in [1.807, 2.05) is 23.6 Å². The van der Waals surface area contributed by atoms with E-state index < -0.39 is 5.91 Å². The standard InChI is InChI=1S/C10H8ClN3O/c11-7-5-9(10(15)14-12)13-8-4-2-1-3-6(7)8/h1-5H,12H2,(H,14,15). The fourth-order valence-electron chi connectivity index (χ4n) is 1.32. The van der Waals surface area contributed by atoms with Crippen LogP contribution in [0.5, 0.6) is 0 Å². The van der Waals surface area contributed by atoms with Crippen LogP contribution in [0, 0.1) is 0 Å². The smallest absolute Gasteiger partial charge is 0.283 e. The van der Waals surface area contributed by atoms with Crippen molar-refractivity contribution in [3.63, 3.8) is 0 Å². The Labute approximate surface area is 91.0 Å². The number of aromatic nitrogens is 1. The number of pyridine rings is 1. The van der Waals surface area contributed by atoms with Crippen LogP contribution in [0.15, 0.2) is 30.3 Å². The number of carbonyl (C=O) groups is 1. The first-order valence-electron chi connectivity index (χ1n) is 4.28. The van der Waals surface area contributed by atoms with Crippen LogP contribution in [0.25, 0.3) is 10.9 Å². The molecular formula is C10H8ClN3O. The molecule has 2 rings (SSSR count). The molecule has 0 fully saturated rings. The quantitative estimate of drug-likeness (QED) is 0.436. The van der Waals surface area contributed by atoms with Crippen LogP contribution in [0.1, 0.15) is 10.5 Å². The highest BCUT2D eigenvalue weighted by atomic mass is 35.5. The first-order valence-corrected chi connectivity index (χ1v) is 4.66. The largest absolute Gasteiger partial charge is 0.289 e. The number of amides is 1. The van der Waals surface area contributed by atoms with Crippen LogP contribution in [0.2, 0.25) is 5.02 Å². The predicted molar refractivity (Wildman–Crippen MR) is 58.4 cm³/mol. The number of carbonyl (C=O) groups excluding carboxylic acids is 1. The van der Waals surface area contributed by atoms with Crippen molar-refractivity contribution in [3.8, 4) is 0 Å². The SMILES string of the molecule is NNC(=O)c1cc(Cl)c2ccccc2n1. The maximum atomic E-state index is 11.3. The Kier molecular flexibility index (Phi) is 2.53. The maximum Gasteiger partial charge on any atom is 0.283 e. The van der Waals surface area contributed by atoms with Gasteiger partial charge in [-0.05, 0) is 12.1 Å². The number of hydrogen-bond donors (Lipinski definition) is 2. The van der Waals surface area contributed by atoms with Gasteiger partial charge in [0.05, 0.1) is 10.5 Å². The molecule has 0 spiro atoms. The predicted octanol–water partition coefficient (Wildman–Crippen LogP) is 1.49. The molecule has 5 heteroatoms. The van der Waals surface area contributed by atoms with Crippen molar-refractivity contribution < 1.29 is 4.79 Å². The molecule has 1 aromatic carbocycles. The van der Waals surface area contributed by atoms with Gasteiger partial charge >= 0.3 is 0 Å². The number of nitrogens with zero attached hydrogens (tertiary/aromatic N) is 1. The summed E-state index contributed by atoms with van der Waals surface area (Å²) in [5.41, 5.74) is 2.89. The van der Waals surface area contributed by atoms with Gasteiger partial charge in [0.2, 0.25) is 0 Å². The molecule has 0 atom stereocenters. The number of hydrogen-bond acceptors (Lipinski definition) is 3. The molecule has 1 heterocycles. The first kappa shape index (κ1) is 9.89. The Balaban J connectivity index is 2.67. The summed E-state index contributed by atoms with van der Waals surface area (Å²) in [7, 11) is 0. The van der Waals surface area contributed by atoms with E-state index >= 15 is 0 Å². The molecule has 0 aliphatic heterocycles. The van der Waals surface area contributed by atoms with Crippen molar-refractivity contribution in [2.24, 2.45) is 5.84 Å². The number of nitrogens with one attached hydrogen (secondary N) is 1. The van der Waals surface area contributed by atoms with Crippen LogP contribution in [0.3, 0.4) is 0 Å². The third-order valence-electron chi connectivity index (χ3n) is 2.03. The van der Waals surface area contributed by atoms with Gasteiger partial charge in [-0.25, -0.2) is 10.8 Å². The molecule has 0 saturated heterocycles. The summed E-state index contributed by atoms with van der Waals surface area (Å²) in [4.78, 5) is 15.4. The molecule has 4 nitrogen and oxygen atoms in total. The minimum absolute atomic E-state index is 0.209. The van der Waals surface area contributed by atoms with Crippen LogP contribution < -0.4 is 11.3 Å². The van der Waals surface area contributed by atoms with Gasteiger partial charge in [-0.3, -0.25) is 10.2 Å². The number of fused-ring (bicyclic) bond motifs is 1. The fourth-order valence-corrected chi connectivity index (χ4v) is 1.59. The monoisotopic (exact) mass is 221 g/mol. The molecule has 0 unspecified atom stereocenters. The van der Waals surface area contributed by atoms with E-state index in [0.717, 1.165) is 5.39 Å². The summed E-state index contributed by atoms with van der Waals surface area (Å²) in [5.74, 6) is 4.56. The Morgan fingerprint density at radius 2 is 2.13 bits per heavy atom. The number of halogens is 1. The highest BCUT2D eigenvalue weighted by Crippen LogP contribution is 2.22. The first-order chi connectivity index (χ1) is 7.22. The van der Waals surface area contributed by atoms with E-state index in [0.29, 0.717) is 10.5 Å². The number of rotatable bonds is 1. The molecule has 0 radical (unpaired) electrons. The second-order valence-corrected chi connectivity index (χ2v) is 3.39. The van der Waals surface area contributed by atoms with E-state index in [1.165, 1.54) is 6.07 Å². The van der Waals surface area contributed by atoms with Crippen molar-refractivity contribution in [3.05, 3.63) is 41.0 Å². The Bertz CT molecular complexity index is 527. The Morgan fingerprint density at radius 3 is 2.87 bits per heavy atom. The summed E-state index contributed by atoms with van der Waals surface area (Å²) in [6.07, 6.45) is 0. The highest BCUT2D eigenvalue weighted by Gasteiger charge is 2.09. The molecule has 76 valence electrons. The van der Waals surface area contributed by atoms with E-state index in [9.17, 15) is 4.79 Å². The topological polar surface area (TPSA) is 68.0 Å². The fraction of sp³-hybridized carbons (Fsp3) is 0. The summed E-state index contributed by atoms with van der Waals surface area (Å²) < 4.78 is 0. The van der Waals surface area contributed by atoms with Crippen molar-refractivity contribution in [2.45, 2.75) is 0 Å². The van der Waals surface area contributed by atoms with Crippen LogP contribution in [0.4, 0.5) is 0 Å². The molecule has 1 amide bonds. The molecule has 2 aromatic rings. The van der Waals surface area contributed by atoms with E-state index in [-0.39, 0.29) is 5.69 Å². The van der Waals surface area contributed by atoms with Gasteiger partial charge in [0.25, 0.3) is 5.91 Å². The maximum absolute atomic E-state index is 11.3. The van der Waals surface area contributed by atoms with E-state index in [4.69, 9.17) is 17.4 Å². The van der Waals surface area contributed by atoms with Gasteiger partial charge < -0.3 is 0 Å². The van der Waals surface area contributed by atoms with Gasteiger partial charge in [-0.1, -0.05) is 29.8 Å². The number of para-hydroxylation sites is 1. The van der Waals surface area contributed by atoms with Crippen molar-refractivity contribution >= 4 is 28.4 Å². The molecule has 1 aromatic heterocycles. The second kappa shape index (κ2) is 3.84. The molecule has 0 saturated carbocycles. The zero-order valence-electron chi connectivity index (χ0n) is 7.70. The van der Waals surface area contributed by atoms with Crippen molar-refractivity contribution in [1.29, 1.82) is 0 Å². The lowest BCUT2D eigenvalue weighted by Crippen LogP contribution is -2.30. The third kappa shape index (κ3) is 1.77. The summed E-state index contributed by atoms with van der Waals surface area (Å²) in [6, 6.07) is 8.81. The summed E-state index contributed by atoms with van der Waals surface area (Å²) in [6.45, 7) is 0. The number of nitrogen functional groups attached to an aromatic ring is 1. The zero-order valence-corrected chi connectivity index (χ0v) is 8.45. The van der Waals surface area contributed by atoms with Crippen LogP contribution in [-0.2, 0) is 0 Å². The van der Waals surface area contributed by atoms with Gasteiger partial charge in [0.1, 0.15) is 5.69 Å². The average Bonchev–Trinajstić information content (AvgIpc) is 2.28. The third-order valence-corrected chi connectivity index (χ3v) is 2.34. The lowest BCUT2D eigenvalue weighted by Gasteiger charge is -2.03. The van der Waals surface area contributed by atoms with Crippen molar-refractivity contribution in [2.75, 3.05) is 0 Å². The Morgan fingerprint density at radius 1 is 1.40 bits per heavy atom.